The van der Waals surface area contributed by atoms with Gasteiger partial charge < -0.3 is 5.32 Å². The summed E-state index contributed by atoms with van der Waals surface area (Å²) in [5.74, 6) is -0.439. The molecule has 2 rings (SSSR count). The molecule has 1 aliphatic rings. The van der Waals surface area contributed by atoms with Crippen LogP contribution in [0.25, 0.3) is 0 Å². The number of benzene rings is 1. The standard InChI is InChI=1S/C14H20N2O5S2/c1-2-8-15-14(17)11-3-5-13(6-4-11)23(20,21)16-12-7-9-22(18,19)10-12/h3-6,12,16H,2,7-10H2,1H3,(H,15,17). The van der Waals surface area contributed by atoms with Crippen LogP contribution < -0.4 is 10.0 Å². The molecule has 7 nitrogen and oxygen atoms in total. The van der Waals surface area contributed by atoms with Gasteiger partial charge in [0, 0.05) is 18.2 Å². The molecule has 1 amide bonds. The quantitative estimate of drug-likeness (QED) is 0.758. The fraction of sp³-hybridized carbons (Fsp3) is 0.500. The fourth-order valence-corrected chi connectivity index (χ4v) is 5.35. The highest BCUT2D eigenvalue weighted by atomic mass is 32.2. The first kappa shape index (κ1) is 17.9. The summed E-state index contributed by atoms with van der Waals surface area (Å²) >= 11 is 0. The minimum absolute atomic E-state index is 0.00325. The highest BCUT2D eigenvalue weighted by molar-refractivity contribution is 7.92. The third kappa shape index (κ3) is 4.76. The van der Waals surface area contributed by atoms with Crippen LogP contribution >= 0.6 is 0 Å². The van der Waals surface area contributed by atoms with Crippen molar-refractivity contribution in [2.45, 2.75) is 30.7 Å². The molecule has 0 spiro atoms. The lowest BCUT2D eigenvalue weighted by atomic mass is 10.2. The first-order chi connectivity index (χ1) is 10.7. The van der Waals surface area contributed by atoms with Crippen LogP contribution in [0.3, 0.4) is 0 Å². The molecule has 9 heteroatoms. The van der Waals surface area contributed by atoms with E-state index in [0.717, 1.165) is 6.42 Å². The van der Waals surface area contributed by atoms with Gasteiger partial charge in [-0.15, -0.1) is 0 Å². The highest BCUT2D eigenvalue weighted by Crippen LogP contribution is 2.16. The molecule has 2 N–H and O–H groups in total. The van der Waals surface area contributed by atoms with Gasteiger partial charge in [-0.3, -0.25) is 4.79 Å². The second-order valence-corrected chi connectivity index (χ2v) is 9.44. The van der Waals surface area contributed by atoms with Gasteiger partial charge in [-0.2, -0.15) is 0 Å². The maximum atomic E-state index is 12.2. The number of hydrogen-bond acceptors (Lipinski definition) is 5. The van der Waals surface area contributed by atoms with Crippen molar-refractivity contribution in [3.8, 4) is 0 Å². The van der Waals surface area contributed by atoms with Crippen molar-refractivity contribution in [1.82, 2.24) is 10.0 Å². The van der Waals surface area contributed by atoms with Gasteiger partial charge >= 0.3 is 0 Å². The number of carbonyl (C=O) groups is 1. The summed E-state index contributed by atoms with van der Waals surface area (Å²) in [5.41, 5.74) is 0.376. The first-order valence-corrected chi connectivity index (χ1v) is 10.6. The second-order valence-electron chi connectivity index (χ2n) is 5.50. The average molecular weight is 360 g/mol. The molecule has 0 aromatic heterocycles. The van der Waals surface area contributed by atoms with Crippen molar-refractivity contribution in [1.29, 1.82) is 0 Å². The zero-order valence-electron chi connectivity index (χ0n) is 12.8. The number of nitrogens with one attached hydrogen (secondary N) is 2. The smallest absolute Gasteiger partial charge is 0.251 e. The van der Waals surface area contributed by atoms with Gasteiger partial charge in [0.2, 0.25) is 10.0 Å². The molecular weight excluding hydrogens is 340 g/mol. The Balaban J connectivity index is 2.07. The molecule has 1 unspecified atom stereocenters. The SMILES string of the molecule is CCCNC(=O)c1ccc(S(=O)(=O)NC2CCS(=O)(=O)C2)cc1. The lowest BCUT2D eigenvalue weighted by Gasteiger charge is -2.12. The predicted octanol–water partition coefficient (Wildman–Crippen LogP) is 0.292. The van der Waals surface area contributed by atoms with Crippen molar-refractivity contribution in [3.63, 3.8) is 0 Å². The van der Waals surface area contributed by atoms with E-state index in [-0.39, 0.29) is 28.7 Å². The number of rotatable bonds is 6. The average Bonchev–Trinajstić information content (AvgIpc) is 2.83. The van der Waals surface area contributed by atoms with Gasteiger partial charge in [-0.05, 0) is 37.1 Å². The largest absolute Gasteiger partial charge is 0.352 e. The van der Waals surface area contributed by atoms with Crippen LogP contribution in [0.5, 0.6) is 0 Å². The van der Waals surface area contributed by atoms with Crippen molar-refractivity contribution in [2.24, 2.45) is 0 Å². The molecule has 1 aromatic rings. The third-order valence-corrected chi connectivity index (χ3v) is 6.82. The van der Waals surface area contributed by atoms with E-state index in [1.165, 1.54) is 24.3 Å². The monoisotopic (exact) mass is 360 g/mol. The minimum atomic E-state index is -3.80. The van der Waals surface area contributed by atoms with Crippen molar-refractivity contribution in [3.05, 3.63) is 29.8 Å². The lowest BCUT2D eigenvalue weighted by Crippen LogP contribution is -2.35. The lowest BCUT2D eigenvalue weighted by molar-refractivity contribution is 0.0953. The molecular formula is C14H20N2O5S2. The molecule has 23 heavy (non-hydrogen) atoms. The van der Waals surface area contributed by atoms with E-state index in [0.29, 0.717) is 12.1 Å². The summed E-state index contributed by atoms with van der Waals surface area (Å²) in [6.45, 7) is 2.49. The van der Waals surface area contributed by atoms with Crippen molar-refractivity contribution >= 4 is 25.8 Å². The van der Waals surface area contributed by atoms with E-state index in [1.807, 2.05) is 6.92 Å². The van der Waals surface area contributed by atoms with Gasteiger partial charge in [0.05, 0.1) is 16.4 Å². The molecule has 1 fully saturated rings. The van der Waals surface area contributed by atoms with Gasteiger partial charge in [-0.25, -0.2) is 21.6 Å². The van der Waals surface area contributed by atoms with E-state index in [2.05, 4.69) is 10.0 Å². The van der Waals surface area contributed by atoms with E-state index in [9.17, 15) is 21.6 Å². The third-order valence-electron chi connectivity index (χ3n) is 3.52. The van der Waals surface area contributed by atoms with Gasteiger partial charge in [0.25, 0.3) is 5.91 Å². The molecule has 0 saturated carbocycles. The van der Waals surface area contributed by atoms with Gasteiger partial charge in [0.1, 0.15) is 0 Å². The zero-order valence-corrected chi connectivity index (χ0v) is 14.4. The van der Waals surface area contributed by atoms with E-state index in [4.69, 9.17) is 0 Å². The Hall–Kier alpha value is -1.45. The van der Waals surface area contributed by atoms with E-state index >= 15 is 0 Å². The summed E-state index contributed by atoms with van der Waals surface area (Å²) in [7, 11) is -6.96. The van der Waals surface area contributed by atoms with Crippen LogP contribution in [-0.2, 0) is 19.9 Å². The molecule has 128 valence electrons. The Morgan fingerprint density at radius 3 is 2.43 bits per heavy atom. The fourth-order valence-electron chi connectivity index (χ4n) is 2.30. The topological polar surface area (TPSA) is 109 Å². The highest BCUT2D eigenvalue weighted by Gasteiger charge is 2.31. The van der Waals surface area contributed by atoms with E-state index < -0.39 is 25.9 Å². The maximum absolute atomic E-state index is 12.2. The number of carbonyl (C=O) groups excluding carboxylic acids is 1. The Kier molecular flexibility index (Phi) is 5.43. The molecule has 1 saturated heterocycles. The van der Waals surface area contributed by atoms with Crippen molar-refractivity contribution in [2.75, 3.05) is 18.1 Å². The van der Waals surface area contributed by atoms with Gasteiger partial charge in [0.15, 0.2) is 9.84 Å². The van der Waals surface area contributed by atoms with Gasteiger partial charge in [-0.1, -0.05) is 6.92 Å². The summed E-state index contributed by atoms with van der Waals surface area (Å²) in [5, 5.41) is 2.70. The minimum Gasteiger partial charge on any atom is -0.352 e. The normalized spacial score (nSPS) is 20.3. The zero-order chi connectivity index (χ0) is 17.1. The van der Waals surface area contributed by atoms with Crippen LogP contribution in [0.2, 0.25) is 0 Å². The Morgan fingerprint density at radius 1 is 1.26 bits per heavy atom. The molecule has 1 aromatic carbocycles. The van der Waals surface area contributed by atoms with Crippen LogP contribution in [0.4, 0.5) is 0 Å². The summed E-state index contributed by atoms with van der Waals surface area (Å²) in [6.07, 6.45) is 1.09. The number of sulfonamides is 1. The van der Waals surface area contributed by atoms with Crippen LogP contribution in [-0.4, -0.2) is 46.8 Å². The molecule has 0 bridgehead atoms. The Labute approximate surface area is 136 Å². The molecule has 0 aliphatic carbocycles. The number of amides is 1. The summed E-state index contributed by atoms with van der Waals surface area (Å²) in [6, 6.07) is 4.95. The molecule has 1 heterocycles. The summed E-state index contributed by atoms with van der Waals surface area (Å²) < 4.78 is 49.7. The first-order valence-electron chi connectivity index (χ1n) is 7.34. The molecule has 0 radical (unpaired) electrons. The maximum Gasteiger partial charge on any atom is 0.251 e. The van der Waals surface area contributed by atoms with Crippen LogP contribution in [0, 0.1) is 0 Å². The molecule has 1 atom stereocenters. The second kappa shape index (κ2) is 6.98. The Morgan fingerprint density at radius 2 is 1.91 bits per heavy atom. The van der Waals surface area contributed by atoms with Crippen LogP contribution in [0.1, 0.15) is 30.1 Å². The van der Waals surface area contributed by atoms with Crippen LogP contribution in [0.15, 0.2) is 29.2 Å². The molecule has 1 aliphatic heterocycles. The summed E-state index contributed by atoms with van der Waals surface area (Å²) in [4.78, 5) is 11.8. The van der Waals surface area contributed by atoms with Crippen molar-refractivity contribution < 1.29 is 21.6 Å². The predicted molar refractivity (Wildman–Crippen MR) is 86.4 cm³/mol. The number of sulfone groups is 1. The Bertz CT molecular complexity index is 770. The van der Waals surface area contributed by atoms with E-state index in [1.54, 1.807) is 0 Å². The number of hydrogen-bond donors (Lipinski definition) is 2.